The van der Waals surface area contributed by atoms with Gasteiger partial charge >= 0.3 is 24.3 Å². The number of benzene rings is 6. The Morgan fingerprint density at radius 3 is 1.35 bits per heavy atom. The van der Waals surface area contributed by atoms with Crippen LogP contribution < -0.4 is 16.0 Å². The van der Waals surface area contributed by atoms with E-state index in [2.05, 4.69) is 61.0 Å². The Hall–Kier alpha value is -9.28. The third kappa shape index (κ3) is 21.4. The van der Waals surface area contributed by atoms with Gasteiger partial charge in [0.1, 0.15) is 11.6 Å². The topological polar surface area (TPSA) is 198 Å². The van der Waals surface area contributed by atoms with Gasteiger partial charge in [0.25, 0.3) is 0 Å². The first kappa shape index (κ1) is 76.4. The van der Waals surface area contributed by atoms with Crippen molar-refractivity contribution in [2.24, 2.45) is 0 Å². The molecule has 4 N–H and O–H groups in total. The number of likely N-dealkylation sites (tertiary alicyclic amines) is 3. The summed E-state index contributed by atoms with van der Waals surface area (Å²) in [4.78, 5) is 52.0. The van der Waals surface area contributed by atoms with E-state index >= 15 is 0 Å². The molecule has 3 aliphatic heterocycles. The maximum atomic E-state index is 13.6. The first-order valence-corrected chi connectivity index (χ1v) is 35.8. The lowest BCUT2D eigenvalue weighted by molar-refractivity contribution is -0.137. The third-order valence-electron chi connectivity index (χ3n) is 20.3. The van der Waals surface area contributed by atoms with Crippen LogP contribution in [0.25, 0.3) is 11.1 Å². The van der Waals surface area contributed by atoms with Crippen LogP contribution in [0.3, 0.4) is 0 Å². The number of aliphatic hydroxyl groups is 1. The van der Waals surface area contributed by atoms with Crippen LogP contribution in [0.4, 0.5) is 62.2 Å². The second kappa shape index (κ2) is 36.2. The Labute approximate surface area is 602 Å². The lowest BCUT2D eigenvalue weighted by atomic mass is 9.77. The van der Waals surface area contributed by atoms with Crippen LogP contribution in [0.2, 0.25) is 5.02 Å². The van der Waals surface area contributed by atoms with Crippen molar-refractivity contribution in [1.82, 2.24) is 29.4 Å². The molecular formula is C79H86ClF7N12O4. The number of rotatable bonds is 18. The standard InChI is InChI=1S/C27H30ClF3N4O2.2C26H28F2N4O/c28-24-7-6-21(17-23(24)27(29,30)31)33-25(36)35(15-14-34-12-1-2-13-34)22-8-10-26(37,11-9-22)20-5-3-4-19(16-20)18-32;27-24-11-8-22(17-25(24)28)30-26(33)32(15-14-31-12-1-2-13-31)23-9-6-20(7-10-23)21-5-3-4-19(16-21)18-29;27-22-15-23(28)17-24(16-22)30-26(33)32(13-12-31-10-1-2-11-31)25-8-6-20(7-9-25)21-5-3-4-19(14-21)18-29/h3-7,16-17,22,37H,1-2,8-15H2,(H,33,36);3-6,8,11,16-17,23H,1-2,7,9-10,12-15H2,(H,30,33);3-6,14-17,25H,1-2,7-13H2,(H,30,33). The van der Waals surface area contributed by atoms with Crippen molar-refractivity contribution < 1.29 is 50.2 Å². The number of nitrogens with zero attached hydrogens (tertiary/aromatic N) is 9. The summed E-state index contributed by atoms with van der Waals surface area (Å²) in [5.74, 6) is -3.37. The summed E-state index contributed by atoms with van der Waals surface area (Å²) in [6.45, 7) is 9.89. The van der Waals surface area contributed by atoms with Gasteiger partial charge in [-0.1, -0.05) is 60.2 Å². The van der Waals surface area contributed by atoms with Crippen molar-refractivity contribution in [3.8, 4) is 18.2 Å². The fourth-order valence-corrected chi connectivity index (χ4v) is 14.8. The smallest absolute Gasteiger partial charge is 0.385 e. The quantitative estimate of drug-likeness (QED) is 0.0601. The van der Waals surface area contributed by atoms with Crippen LogP contribution in [0.15, 0.2) is 140 Å². The van der Waals surface area contributed by atoms with E-state index in [1.165, 1.54) is 49.0 Å². The summed E-state index contributed by atoms with van der Waals surface area (Å²) in [6, 6.07) is 37.0. The molecule has 4 fully saturated rings. The highest BCUT2D eigenvalue weighted by Crippen LogP contribution is 2.41. The van der Waals surface area contributed by atoms with Crippen LogP contribution in [0, 0.1) is 57.3 Å². The highest BCUT2D eigenvalue weighted by atomic mass is 35.5. The van der Waals surface area contributed by atoms with Gasteiger partial charge in [-0.15, -0.1) is 0 Å². The fraction of sp³-hybridized carbons (Fsp3) is 0.418. The Morgan fingerprint density at radius 2 is 0.922 bits per heavy atom. The normalized spacial score (nSPS) is 19.9. The van der Waals surface area contributed by atoms with E-state index < -0.39 is 51.7 Å². The maximum Gasteiger partial charge on any atom is 0.417 e. The summed E-state index contributed by atoms with van der Waals surface area (Å²) >= 11 is 5.73. The minimum atomic E-state index is -4.63. The molecule has 2 unspecified atom stereocenters. The fourth-order valence-electron chi connectivity index (χ4n) is 14.6. The average molecular weight is 1440 g/mol. The van der Waals surface area contributed by atoms with Crippen molar-refractivity contribution in [2.75, 3.05) is 94.5 Å². The monoisotopic (exact) mass is 1430 g/mol. The molecule has 2 atom stereocenters. The molecule has 12 rings (SSSR count). The molecule has 0 spiro atoms. The largest absolute Gasteiger partial charge is 0.417 e. The van der Waals surface area contributed by atoms with E-state index in [-0.39, 0.29) is 47.2 Å². The zero-order chi connectivity index (χ0) is 73.0. The molecule has 542 valence electrons. The SMILES string of the molecule is N#Cc1cccc(C2(O)CCC(N(CCN3CCCC3)C(=O)Nc3ccc(Cl)c(C(F)(F)F)c3)CC2)c1.N#Cc1cccc(C2=CCC(N(CCN3CCCC3)C(=O)Nc3cc(F)cc(F)c3)CC2)c1.N#Cc1cccc(C2=CCC(N(CCN3CCCC3)C(=O)Nc3ccc(F)c(F)c3)CC2)c1. The summed E-state index contributed by atoms with van der Waals surface area (Å²) in [7, 11) is 0. The first-order chi connectivity index (χ1) is 49.6. The molecule has 3 aliphatic carbocycles. The molecule has 103 heavy (non-hydrogen) atoms. The van der Waals surface area contributed by atoms with E-state index in [0.717, 1.165) is 144 Å². The molecule has 3 saturated heterocycles. The second-order valence-electron chi connectivity index (χ2n) is 27.2. The van der Waals surface area contributed by atoms with Crippen molar-refractivity contribution >= 4 is 57.9 Å². The molecule has 0 radical (unpaired) electrons. The van der Waals surface area contributed by atoms with Crippen molar-refractivity contribution in [1.29, 1.82) is 15.8 Å². The van der Waals surface area contributed by atoms with Crippen LogP contribution in [-0.2, 0) is 11.8 Å². The highest BCUT2D eigenvalue weighted by molar-refractivity contribution is 6.31. The number of nitriles is 3. The van der Waals surface area contributed by atoms with Gasteiger partial charge in [0.15, 0.2) is 11.6 Å². The Morgan fingerprint density at radius 1 is 0.505 bits per heavy atom. The van der Waals surface area contributed by atoms with Gasteiger partial charge in [-0.3, -0.25) is 0 Å². The number of hydrogen-bond donors (Lipinski definition) is 4. The maximum absolute atomic E-state index is 13.6. The predicted molar refractivity (Wildman–Crippen MR) is 384 cm³/mol. The van der Waals surface area contributed by atoms with Crippen LogP contribution >= 0.6 is 11.6 Å². The number of nitrogens with one attached hydrogen (secondary N) is 3. The number of allylic oxidation sites excluding steroid dienone is 2. The molecule has 6 amide bonds. The lowest BCUT2D eigenvalue weighted by Crippen LogP contribution is -2.49. The van der Waals surface area contributed by atoms with Gasteiger partial charge in [0.05, 0.1) is 51.1 Å². The number of carbonyl (C=O) groups excluding carboxylic acids is 3. The molecule has 1 saturated carbocycles. The van der Waals surface area contributed by atoms with E-state index in [0.29, 0.717) is 87.0 Å². The molecule has 24 heteroatoms. The number of hydrogen-bond acceptors (Lipinski definition) is 10. The molecule has 6 aromatic rings. The molecule has 6 aliphatic rings. The van der Waals surface area contributed by atoms with Crippen molar-refractivity contribution in [2.45, 2.75) is 133 Å². The molecule has 0 aromatic heterocycles. The summed E-state index contributed by atoms with van der Waals surface area (Å²) < 4.78 is 94.1. The van der Waals surface area contributed by atoms with Gasteiger partial charge < -0.3 is 50.5 Å². The van der Waals surface area contributed by atoms with Crippen LogP contribution in [-0.4, -0.2) is 149 Å². The number of amides is 6. The van der Waals surface area contributed by atoms with Gasteiger partial charge in [0, 0.05) is 86.6 Å². The Balaban J connectivity index is 0.000000166. The minimum absolute atomic E-state index is 0.00564. The number of anilines is 3. The third-order valence-corrected chi connectivity index (χ3v) is 20.6. The summed E-state index contributed by atoms with van der Waals surface area (Å²) in [5.41, 5.74) is 5.13. The van der Waals surface area contributed by atoms with E-state index in [1.54, 1.807) is 46.2 Å². The lowest BCUT2D eigenvalue weighted by Gasteiger charge is -2.41. The summed E-state index contributed by atoms with van der Waals surface area (Å²) in [5, 5.41) is 46.5. The first-order valence-electron chi connectivity index (χ1n) is 35.4. The molecule has 6 aromatic carbocycles. The average Bonchev–Trinajstić information content (AvgIpc) is 1.36. The highest BCUT2D eigenvalue weighted by Gasteiger charge is 2.39. The van der Waals surface area contributed by atoms with Gasteiger partial charge in [-0.25, -0.2) is 31.9 Å². The number of alkyl halides is 3. The van der Waals surface area contributed by atoms with Crippen molar-refractivity contribution in [3.63, 3.8) is 0 Å². The number of carbonyl (C=O) groups is 3. The number of urea groups is 3. The second-order valence-corrected chi connectivity index (χ2v) is 27.6. The molecule has 16 nitrogen and oxygen atoms in total. The van der Waals surface area contributed by atoms with Gasteiger partial charge in [-0.2, -0.15) is 29.0 Å². The molecule has 3 heterocycles. The van der Waals surface area contributed by atoms with Crippen LogP contribution in [0.5, 0.6) is 0 Å². The Kier molecular flexibility index (Phi) is 26.9. The zero-order valence-corrected chi connectivity index (χ0v) is 58.3. The zero-order valence-electron chi connectivity index (χ0n) is 57.5. The van der Waals surface area contributed by atoms with E-state index in [4.69, 9.17) is 22.1 Å². The molecule has 0 bridgehead atoms. The Bertz CT molecular complexity index is 4110. The summed E-state index contributed by atoms with van der Waals surface area (Å²) in [6.07, 6.45) is 13.0. The minimum Gasteiger partial charge on any atom is -0.385 e. The number of halogens is 8. The van der Waals surface area contributed by atoms with Gasteiger partial charge in [0.2, 0.25) is 0 Å². The van der Waals surface area contributed by atoms with E-state index in [1.807, 2.05) is 41.3 Å². The predicted octanol–water partition coefficient (Wildman–Crippen LogP) is 16.8. The van der Waals surface area contributed by atoms with Crippen molar-refractivity contribution in [3.05, 3.63) is 207 Å². The van der Waals surface area contributed by atoms with Crippen LogP contribution in [0.1, 0.15) is 142 Å². The molecular weight excluding hydrogens is 1350 g/mol. The van der Waals surface area contributed by atoms with Gasteiger partial charge in [-0.05, 0) is 249 Å². The van der Waals surface area contributed by atoms with E-state index in [9.17, 15) is 55.5 Å².